The van der Waals surface area contributed by atoms with Crippen molar-refractivity contribution in [3.05, 3.63) is 10.6 Å². The third kappa shape index (κ3) is 5.19. The van der Waals surface area contributed by atoms with Gasteiger partial charge in [-0.2, -0.15) is 0 Å². The van der Waals surface area contributed by atoms with Crippen LogP contribution in [-0.4, -0.2) is 64.6 Å². The lowest BCUT2D eigenvalue weighted by Crippen LogP contribution is -2.47. The zero-order valence-corrected chi connectivity index (χ0v) is 17.1. The highest BCUT2D eigenvalue weighted by Gasteiger charge is 2.27. The summed E-state index contributed by atoms with van der Waals surface area (Å²) in [5.74, 6) is -0.0556. The lowest BCUT2D eigenvalue weighted by molar-refractivity contribution is -0.138. The summed E-state index contributed by atoms with van der Waals surface area (Å²) in [6.45, 7) is 3.56. The molecule has 1 aromatic rings. The minimum atomic E-state index is -0.813. The number of hydrogen-bond acceptors (Lipinski definition) is 5. The summed E-state index contributed by atoms with van der Waals surface area (Å²) in [5, 5.41) is 12.6. The SMILES string of the molecule is CCCC1CCc2nc(NC(=O)N3CCC(N(C)CC(=O)O)CC3)sc2C1. The minimum absolute atomic E-state index is 0.0422. The molecule has 0 aromatic carbocycles. The van der Waals surface area contributed by atoms with Crippen LogP contribution in [0.4, 0.5) is 9.93 Å². The molecule has 2 amide bonds. The molecular weight excluding hydrogens is 364 g/mol. The second-order valence-corrected chi connectivity index (χ2v) is 8.83. The van der Waals surface area contributed by atoms with Gasteiger partial charge in [0, 0.05) is 24.0 Å². The van der Waals surface area contributed by atoms with E-state index >= 15 is 0 Å². The highest BCUT2D eigenvalue weighted by Crippen LogP contribution is 2.34. The molecule has 27 heavy (non-hydrogen) atoms. The quantitative estimate of drug-likeness (QED) is 0.774. The zero-order chi connectivity index (χ0) is 19.4. The predicted molar refractivity (Wildman–Crippen MR) is 106 cm³/mol. The van der Waals surface area contributed by atoms with Gasteiger partial charge in [0.25, 0.3) is 0 Å². The molecule has 1 aliphatic heterocycles. The minimum Gasteiger partial charge on any atom is -0.480 e. The summed E-state index contributed by atoms with van der Waals surface area (Å²) < 4.78 is 0. The van der Waals surface area contributed by atoms with E-state index in [0.29, 0.717) is 18.2 Å². The molecule has 0 saturated carbocycles. The normalized spacial score (nSPS) is 20.6. The van der Waals surface area contributed by atoms with E-state index in [4.69, 9.17) is 5.11 Å². The standard InChI is InChI=1S/C19H30N4O3S/c1-3-4-13-5-6-15-16(11-13)27-18(20-15)21-19(26)23-9-7-14(8-10-23)22(2)12-17(24)25/h13-14H,3-12H2,1-2H3,(H,24,25)(H,20,21,26). The Balaban J connectivity index is 1.50. The Morgan fingerprint density at radius 2 is 2.07 bits per heavy atom. The molecule has 8 heteroatoms. The number of thiazole rings is 1. The van der Waals surface area contributed by atoms with Crippen molar-refractivity contribution in [1.82, 2.24) is 14.8 Å². The number of rotatable bonds is 6. The third-order valence-electron chi connectivity index (χ3n) is 5.71. The van der Waals surface area contributed by atoms with Crippen molar-refractivity contribution >= 4 is 28.5 Å². The van der Waals surface area contributed by atoms with Gasteiger partial charge >= 0.3 is 12.0 Å². The summed E-state index contributed by atoms with van der Waals surface area (Å²) in [7, 11) is 1.83. The van der Waals surface area contributed by atoms with E-state index in [-0.39, 0.29) is 18.6 Å². The first-order valence-electron chi connectivity index (χ1n) is 9.92. The van der Waals surface area contributed by atoms with Gasteiger partial charge in [-0.25, -0.2) is 9.78 Å². The Bertz CT molecular complexity index is 670. The monoisotopic (exact) mass is 394 g/mol. The van der Waals surface area contributed by atoms with E-state index < -0.39 is 5.97 Å². The lowest BCUT2D eigenvalue weighted by atomic mass is 9.88. The van der Waals surface area contributed by atoms with Gasteiger partial charge < -0.3 is 10.0 Å². The number of likely N-dealkylation sites (tertiary alicyclic amines) is 1. The van der Waals surface area contributed by atoms with Crippen LogP contribution in [0.3, 0.4) is 0 Å². The van der Waals surface area contributed by atoms with Crippen LogP contribution in [0.2, 0.25) is 0 Å². The first-order chi connectivity index (χ1) is 13.0. The number of nitrogens with zero attached hydrogens (tertiary/aromatic N) is 3. The van der Waals surface area contributed by atoms with Gasteiger partial charge in [0.1, 0.15) is 0 Å². The Morgan fingerprint density at radius 3 is 2.74 bits per heavy atom. The Hall–Kier alpha value is -1.67. The average Bonchev–Trinajstić information content (AvgIpc) is 3.03. The molecule has 2 aliphatic rings. The number of carboxylic acid groups (broad SMARTS) is 1. The highest BCUT2D eigenvalue weighted by molar-refractivity contribution is 7.15. The number of amides is 2. The number of aryl methyl sites for hydroxylation is 1. The van der Waals surface area contributed by atoms with Gasteiger partial charge in [-0.3, -0.25) is 15.0 Å². The third-order valence-corrected chi connectivity index (χ3v) is 6.75. The van der Waals surface area contributed by atoms with Crippen LogP contribution in [0, 0.1) is 5.92 Å². The maximum Gasteiger partial charge on any atom is 0.323 e. The van der Waals surface area contributed by atoms with E-state index in [1.165, 1.54) is 24.1 Å². The fourth-order valence-electron chi connectivity index (χ4n) is 4.17. The number of aliphatic carboxylic acids is 1. The molecule has 1 atom stereocenters. The maximum absolute atomic E-state index is 12.6. The number of urea groups is 1. The summed E-state index contributed by atoms with van der Waals surface area (Å²) in [6.07, 6.45) is 7.40. The van der Waals surface area contributed by atoms with Crippen LogP contribution >= 0.6 is 11.3 Å². The molecule has 2 N–H and O–H groups in total. The fraction of sp³-hybridized carbons (Fsp3) is 0.737. The average molecular weight is 395 g/mol. The lowest BCUT2D eigenvalue weighted by Gasteiger charge is -2.35. The molecule has 2 heterocycles. The molecule has 0 spiro atoms. The predicted octanol–water partition coefficient (Wildman–Crippen LogP) is 3.06. The Morgan fingerprint density at radius 1 is 1.33 bits per heavy atom. The number of piperidine rings is 1. The van der Waals surface area contributed by atoms with Crippen molar-refractivity contribution in [2.45, 2.75) is 57.9 Å². The molecule has 1 saturated heterocycles. The summed E-state index contributed by atoms with van der Waals surface area (Å²) in [4.78, 5) is 33.1. The summed E-state index contributed by atoms with van der Waals surface area (Å²) in [5.41, 5.74) is 1.16. The van der Waals surface area contributed by atoms with Crippen molar-refractivity contribution in [3.63, 3.8) is 0 Å². The number of fused-ring (bicyclic) bond motifs is 1. The number of hydrogen-bond donors (Lipinski definition) is 2. The smallest absolute Gasteiger partial charge is 0.323 e. The van der Waals surface area contributed by atoms with Crippen LogP contribution in [0.25, 0.3) is 0 Å². The fourth-order valence-corrected chi connectivity index (χ4v) is 5.29. The molecule has 1 fully saturated rings. The number of likely N-dealkylation sites (N-methyl/N-ethyl adjacent to an activating group) is 1. The maximum atomic E-state index is 12.6. The molecule has 3 rings (SSSR count). The van der Waals surface area contributed by atoms with Crippen molar-refractivity contribution in [2.24, 2.45) is 5.92 Å². The van der Waals surface area contributed by atoms with Crippen molar-refractivity contribution in [3.8, 4) is 0 Å². The van der Waals surface area contributed by atoms with E-state index in [0.717, 1.165) is 37.3 Å². The summed E-state index contributed by atoms with van der Waals surface area (Å²) >= 11 is 1.63. The van der Waals surface area contributed by atoms with Crippen molar-refractivity contribution in [1.29, 1.82) is 0 Å². The number of carbonyl (C=O) groups is 2. The number of carboxylic acids is 1. The topological polar surface area (TPSA) is 85.8 Å². The number of anilines is 1. The second-order valence-electron chi connectivity index (χ2n) is 7.74. The van der Waals surface area contributed by atoms with Gasteiger partial charge in [-0.15, -0.1) is 11.3 Å². The van der Waals surface area contributed by atoms with E-state index in [1.54, 1.807) is 11.3 Å². The van der Waals surface area contributed by atoms with Gasteiger partial charge in [0.15, 0.2) is 5.13 Å². The Kier molecular flexibility index (Phi) is 6.70. The summed E-state index contributed by atoms with van der Waals surface area (Å²) in [6, 6.07) is 0.123. The molecule has 1 aromatic heterocycles. The van der Waals surface area contributed by atoms with Gasteiger partial charge in [-0.05, 0) is 45.1 Å². The second kappa shape index (κ2) is 9.01. The molecule has 1 unspecified atom stereocenters. The van der Waals surface area contributed by atoms with Crippen LogP contribution in [0.1, 0.15) is 49.6 Å². The number of nitrogens with one attached hydrogen (secondary N) is 1. The van der Waals surface area contributed by atoms with Crippen LogP contribution in [0.5, 0.6) is 0 Å². The van der Waals surface area contributed by atoms with Crippen LogP contribution in [0.15, 0.2) is 0 Å². The van der Waals surface area contributed by atoms with Crippen molar-refractivity contribution < 1.29 is 14.7 Å². The van der Waals surface area contributed by atoms with E-state index in [9.17, 15) is 9.59 Å². The van der Waals surface area contributed by atoms with Crippen LogP contribution in [-0.2, 0) is 17.6 Å². The molecule has 0 bridgehead atoms. The Labute approximate surface area is 164 Å². The molecule has 1 aliphatic carbocycles. The van der Waals surface area contributed by atoms with Gasteiger partial charge in [0.2, 0.25) is 0 Å². The first kappa shape index (κ1) is 20.1. The molecule has 150 valence electrons. The van der Waals surface area contributed by atoms with E-state index in [2.05, 4.69) is 17.2 Å². The highest BCUT2D eigenvalue weighted by atomic mass is 32.1. The van der Waals surface area contributed by atoms with E-state index in [1.807, 2.05) is 16.8 Å². The number of carbonyl (C=O) groups excluding carboxylic acids is 1. The molecule has 0 radical (unpaired) electrons. The largest absolute Gasteiger partial charge is 0.480 e. The van der Waals surface area contributed by atoms with Crippen LogP contribution < -0.4 is 5.32 Å². The molecule has 7 nitrogen and oxygen atoms in total. The van der Waals surface area contributed by atoms with Gasteiger partial charge in [0.05, 0.1) is 12.2 Å². The van der Waals surface area contributed by atoms with Crippen molar-refractivity contribution in [2.75, 3.05) is 32.0 Å². The molecular formula is C19H30N4O3S. The zero-order valence-electron chi connectivity index (χ0n) is 16.2. The first-order valence-corrected chi connectivity index (χ1v) is 10.7. The van der Waals surface area contributed by atoms with Gasteiger partial charge in [-0.1, -0.05) is 19.8 Å². The number of aromatic nitrogens is 1.